The van der Waals surface area contributed by atoms with Gasteiger partial charge in [0, 0.05) is 32.9 Å². The summed E-state index contributed by atoms with van der Waals surface area (Å²) < 4.78 is 1.39. The molecule has 0 saturated heterocycles. The van der Waals surface area contributed by atoms with Crippen LogP contribution in [0.2, 0.25) is 10.0 Å². The van der Waals surface area contributed by atoms with E-state index < -0.39 is 0 Å². The van der Waals surface area contributed by atoms with Crippen LogP contribution >= 0.6 is 23.2 Å². The van der Waals surface area contributed by atoms with Gasteiger partial charge in [-0.3, -0.25) is 4.79 Å². The van der Waals surface area contributed by atoms with Gasteiger partial charge in [-0.15, -0.1) is 0 Å². The maximum absolute atomic E-state index is 11.3. The maximum atomic E-state index is 11.3. The predicted octanol–water partition coefficient (Wildman–Crippen LogP) is 4.29. The average Bonchev–Trinajstić information content (AvgIpc) is 2.98. The van der Waals surface area contributed by atoms with Crippen molar-refractivity contribution in [2.45, 2.75) is 6.73 Å². The minimum absolute atomic E-state index is 0.273. The van der Waals surface area contributed by atoms with Gasteiger partial charge in [0.25, 0.3) is 0 Å². The van der Waals surface area contributed by atoms with Crippen LogP contribution in [0.3, 0.4) is 0 Å². The quantitative estimate of drug-likeness (QED) is 0.717. The van der Waals surface area contributed by atoms with E-state index in [4.69, 9.17) is 23.2 Å². The Balaban J connectivity index is 2.25. The SMILES string of the molecule is O=Cc1ccccc1-c1cn(CO)nc1-c1cc(Cl)cc(Cl)c1. The highest BCUT2D eigenvalue weighted by Crippen LogP contribution is 2.35. The highest BCUT2D eigenvalue weighted by Gasteiger charge is 2.16. The van der Waals surface area contributed by atoms with E-state index in [-0.39, 0.29) is 6.73 Å². The van der Waals surface area contributed by atoms with Crippen LogP contribution in [0.15, 0.2) is 48.7 Å². The minimum atomic E-state index is -0.273. The van der Waals surface area contributed by atoms with Crippen molar-refractivity contribution < 1.29 is 9.90 Å². The van der Waals surface area contributed by atoms with Gasteiger partial charge in [0.15, 0.2) is 6.29 Å². The second kappa shape index (κ2) is 6.54. The van der Waals surface area contributed by atoms with Crippen molar-refractivity contribution in [1.29, 1.82) is 0 Å². The second-order valence-corrected chi connectivity index (χ2v) is 5.81. The third kappa shape index (κ3) is 3.15. The van der Waals surface area contributed by atoms with Gasteiger partial charge in [-0.1, -0.05) is 47.5 Å². The summed E-state index contributed by atoms with van der Waals surface area (Å²) in [5.41, 5.74) is 3.30. The second-order valence-electron chi connectivity index (χ2n) is 4.94. The molecule has 0 radical (unpaired) electrons. The number of halogens is 2. The van der Waals surface area contributed by atoms with Gasteiger partial charge in [-0.25, -0.2) is 4.68 Å². The van der Waals surface area contributed by atoms with Crippen LogP contribution < -0.4 is 0 Å². The summed E-state index contributed by atoms with van der Waals surface area (Å²) in [5.74, 6) is 0. The Kier molecular flexibility index (Phi) is 4.48. The molecule has 2 aromatic carbocycles. The number of aromatic nitrogens is 2. The van der Waals surface area contributed by atoms with E-state index in [1.165, 1.54) is 4.68 Å². The summed E-state index contributed by atoms with van der Waals surface area (Å²) in [6, 6.07) is 12.3. The van der Waals surface area contributed by atoms with Crippen molar-refractivity contribution in [3.63, 3.8) is 0 Å². The number of aliphatic hydroxyl groups excluding tert-OH is 1. The standard InChI is InChI=1S/C17H12Cl2N2O2/c18-13-5-12(6-14(19)7-13)17-16(8-21(10-23)20-17)15-4-2-1-3-11(15)9-22/h1-9,23H,10H2. The molecule has 3 rings (SSSR count). The van der Waals surface area contributed by atoms with E-state index in [1.54, 1.807) is 36.5 Å². The Morgan fingerprint density at radius 3 is 2.43 bits per heavy atom. The summed E-state index contributed by atoms with van der Waals surface area (Å²) in [6.45, 7) is -0.273. The van der Waals surface area contributed by atoms with Crippen molar-refractivity contribution in [3.05, 3.63) is 64.3 Å². The van der Waals surface area contributed by atoms with Crippen molar-refractivity contribution in [2.75, 3.05) is 0 Å². The summed E-state index contributed by atoms with van der Waals surface area (Å²) in [6.07, 6.45) is 2.48. The Hall–Kier alpha value is -2.14. The lowest BCUT2D eigenvalue weighted by Gasteiger charge is -2.06. The lowest BCUT2D eigenvalue weighted by Crippen LogP contribution is -1.96. The normalized spacial score (nSPS) is 10.7. The van der Waals surface area contributed by atoms with Crippen LogP contribution in [0.25, 0.3) is 22.4 Å². The van der Waals surface area contributed by atoms with Gasteiger partial charge in [0.05, 0.1) is 0 Å². The summed E-state index contributed by atoms with van der Waals surface area (Å²) >= 11 is 12.1. The number of nitrogens with zero attached hydrogens (tertiary/aromatic N) is 2. The topological polar surface area (TPSA) is 55.1 Å². The van der Waals surface area contributed by atoms with E-state index in [0.717, 1.165) is 17.4 Å². The van der Waals surface area contributed by atoms with Crippen molar-refractivity contribution in [2.24, 2.45) is 0 Å². The highest BCUT2D eigenvalue weighted by molar-refractivity contribution is 6.35. The van der Waals surface area contributed by atoms with Crippen LogP contribution in [-0.4, -0.2) is 21.2 Å². The minimum Gasteiger partial charge on any atom is -0.374 e. The molecule has 0 atom stereocenters. The summed E-state index contributed by atoms with van der Waals surface area (Å²) in [5, 5.41) is 14.7. The maximum Gasteiger partial charge on any atom is 0.150 e. The third-order valence-corrected chi connectivity index (χ3v) is 3.86. The first-order valence-electron chi connectivity index (χ1n) is 6.81. The molecule has 0 amide bonds. The number of aldehydes is 1. The Morgan fingerprint density at radius 1 is 1.09 bits per heavy atom. The third-order valence-electron chi connectivity index (χ3n) is 3.42. The Labute approximate surface area is 142 Å². The smallest absolute Gasteiger partial charge is 0.150 e. The van der Waals surface area contributed by atoms with Crippen molar-refractivity contribution >= 4 is 29.5 Å². The summed E-state index contributed by atoms with van der Waals surface area (Å²) in [4.78, 5) is 11.3. The van der Waals surface area contributed by atoms with Gasteiger partial charge in [-0.05, 0) is 23.8 Å². The molecule has 4 nitrogen and oxygen atoms in total. The highest BCUT2D eigenvalue weighted by atomic mass is 35.5. The number of carbonyl (C=O) groups excluding carboxylic acids is 1. The van der Waals surface area contributed by atoms with Gasteiger partial charge in [-0.2, -0.15) is 5.10 Å². The van der Waals surface area contributed by atoms with E-state index in [9.17, 15) is 9.90 Å². The fraction of sp³-hybridized carbons (Fsp3) is 0.0588. The molecule has 0 fully saturated rings. The van der Waals surface area contributed by atoms with Crippen LogP contribution in [0, 0.1) is 0 Å². The molecular weight excluding hydrogens is 335 g/mol. The molecule has 0 saturated carbocycles. The molecule has 1 heterocycles. The molecule has 116 valence electrons. The lowest BCUT2D eigenvalue weighted by atomic mass is 9.98. The largest absolute Gasteiger partial charge is 0.374 e. The molecule has 0 aliphatic heterocycles. The number of benzene rings is 2. The Morgan fingerprint density at radius 2 is 1.78 bits per heavy atom. The molecule has 6 heteroatoms. The first-order chi connectivity index (χ1) is 11.1. The first-order valence-corrected chi connectivity index (χ1v) is 7.57. The number of aliphatic hydroxyl groups is 1. The zero-order valence-electron chi connectivity index (χ0n) is 11.9. The lowest BCUT2D eigenvalue weighted by molar-refractivity contribution is 0.112. The fourth-order valence-corrected chi connectivity index (χ4v) is 2.97. The number of hydrogen-bond acceptors (Lipinski definition) is 3. The zero-order valence-corrected chi connectivity index (χ0v) is 13.4. The molecule has 0 unspecified atom stereocenters. The van der Waals surface area contributed by atoms with Gasteiger partial charge < -0.3 is 5.11 Å². The van der Waals surface area contributed by atoms with Crippen molar-refractivity contribution in [1.82, 2.24) is 9.78 Å². The molecule has 1 aromatic heterocycles. The zero-order chi connectivity index (χ0) is 16.4. The van der Waals surface area contributed by atoms with Crippen LogP contribution in [-0.2, 0) is 6.73 Å². The molecule has 0 aliphatic rings. The average molecular weight is 347 g/mol. The van der Waals surface area contributed by atoms with Gasteiger partial charge in [0.2, 0.25) is 0 Å². The number of rotatable bonds is 4. The monoisotopic (exact) mass is 346 g/mol. The fourth-order valence-electron chi connectivity index (χ4n) is 2.44. The van der Waals surface area contributed by atoms with Crippen LogP contribution in [0.1, 0.15) is 10.4 Å². The van der Waals surface area contributed by atoms with Crippen LogP contribution in [0.4, 0.5) is 0 Å². The molecule has 1 N–H and O–H groups in total. The number of hydrogen-bond donors (Lipinski definition) is 1. The molecule has 0 spiro atoms. The van der Waals surface area contributed by atoms with E-state index in [2.05, 4.69) is 5.10 Å². The molecule has 0 aliphatic carbocycles. The first kappa shape index (κ1) is 15.7. The van der Waals surface area contributed by atoms with E-state index >= 15 is 0 Å². The van der Waals surface area contributed by atoms with Gasteiger partial charge >= 0.3 is 0 Å². The summed E-state index contributed by atoms with van der Waals surface area (Å²) in [7, 11) is 0. The number of carbonyl (C=O) groups is 1. The molecule has 0 bridgehead atoms. The predicted molar refractivity (Wildman–Crippen MR) is 90.7 cm³/mol. The molecular formula is C17H12Cl2N2O2. The molecule has 23 heavy (non-hydrogen) atoms. The molecule has 3 aromatic rings. The van der Waals surface area contributed by atoms with Gasteiger partial charge in [0.1, 0.15) is 12.4 Å². The van der Waals surface area contributed by atoms with Crippen molar-refractivity contribution in [3.8, 4) is 22.4 Å². The van der Waals surface area contributed by atoms with Crippen LogP contribution in [0.5, 0.6) is 0 Å². The van der Waals surface area contributed by atoms with E-state index in [0.29, 0.717) is 26.9 Å². The van der Waals surface area contributed by atoms with E-state index in [1.807, 2.05) is 12.1 Å². The Bertz CT molecular complexity index is 855.